The third-order valence-electron chi connectivity index (χ3n) is 5.51. The number of rotatable bonds is 6. The second-order valence-electron chi connectivity index (χ2n) is 8.28. The molecule has 1 N–H and O–H groups in total. The average Bonchev–Trinajstić information content (AvgIpc) is 2.67. The maximum Gasteiger partial charge on any atom is 0.418 e. The minimum atomic E-state index is -4.81. The van der Waals surface area contributed by atoms with Crippen molar-refractivity contribution in [3.63, 3.8) is 0 Å². The molecule has 7 heteroatoms. The Labute approximate surface area is 183 Å². The maximum absolute atomic E-state index is 14.2. The van der Waals surface area contributed by atoms with Gasteiger partial charge in [0.2, 0.25) is 0 Å². The molecule has 0 aliphatic carbocycles. The number of β-amino-alcohol motifs (C(OH)–C–C–N with tert-alkyl or cyclic N) is 1. The molecule has 0 fully saturated rings. The van der Waals surface area contributed by atoms with Crippen LogP contribution in [-0.2, 0) is 5.41 Å². The average molecular weight is 484 g/mol. The van der Waals surface area contributed by atoms with Crippen LogP contribution in [0.3, 0.4) is 0 Å². The Morgan fingerprint density at radius 3 is 2.50 bits per heavy atom. The topological polar surface area (TPSA) is 32.7 Å². The Bertz CT molecular complexity index is 942. The van der Waals surface area contributed by atoms with Crippen LogP contribution in [0.15, 0.2) is 53.0 Å². The summed E-state index contributed by atoms with van der Waals surface area (Å²) in [6.45, 7) is 3.13. The summed E-state index contributed by atoms with van der Waals surface area (Å²) < 4.78 is 48.7. The van der Waals surface area contributed by atoms with E-state index in [1.807, 2.05) is 24.3 Å². The van der Waals surface area contributed by atoms with Crippen molar-refractivity contribution in [2.45, 2.75) is 37.5 Å². The predicted octanol–water partition coefficient (Wildman–Crippen LogP) is 5.95. The monoisotopic (exact) mass is 483 g/mol. The zero-order valence-electron chi connectivity index (χ0n) is 17.1. The van der Waals surface area contributed by atoms with Gasteiger partial charge in [-0.05, 0) is 41.7 Å². The molecule has 3 nitrogen and oxygen atoms in total. The summed E-state index contributed by atoms with van der Waals surface area (Å²) in [6, 6.07) is 12.5. The molecule has 30 heavy (non-hydrogen) atoms. The summed E-state index contributed by atoms with van der Waals surface area (Å²) in [5, 5.41) is 11.0. The number of benzene rings is 2. The smallest absolute Gasteiger partial charge is 0.418 e. The summed E-state index contributed by atoms with van der Waals surface area (Å²) in [5.41, 5.74) is -1.81. The van der Waals surface area contributed by atoms with Crippen LogP contribution < -0.4 is 9.64 Å². The Kier molecular flexibility index (Phi) is 6.25. The fraction of sp³-hybridized carbons (Fsp3) is 0.391. The van der Waals surface area contributed by atoms with Gasteiger partial charge in [0.1, 0.15) is 5.75 Å². The minimum absolute atomic E-state index is 0.302. The van der Waals surface area contributed by atoms with E-state index in [0.29, 0.717) is 23.5 Å². The third kappa shape index (κ3) is 4.52. The standard InChI is InChI=1S/C23H25BrF3NO2/c1-21(2,18-13-17(24)10-11-20(18)30-3)14-22(29,23(25,26)27)15-28-12-6-8-16-7-4-5-9-19(16)28/h4-11,13,29H,12,14-15H2,1-3H3. The molecule has 2 aromatic rings. The number of anilines is 1. The first-order valence-electron chi connectivity index (χ1n) is 9.60. The summed E-state index contributed by atoms with van der Waals surface area (Å²) in [4.78, 5) is 1.58. The fourth-order valence-electron chi connectivity index (χ4n) is 4.07. The first-order valence-corrected chi connectivity index (χ1v) is 10.4. The first kappa shape index (κ1) is 22.7. The van der Waals surface area contributed by atoms with E-state index in [-0.39, 0.29) is 0 Å². The van der Waals surface area contributed by atoms with E-state index in [4.69, 9.17) is 4.74 Å². The van der Waals surface area contributed by atoms with Gasteiger partial charge in [-0.25, -0.2) is 0 Å². The van der Waals surface area contributed by atoms with E-state index in [1.165, 1.54) is 7.11 Å². The normalized spacial score (nSPS) is 16.2. The summed E-state index contributed by atoms with van der Waals surface area (Å²) in [7, 11) is 1.48. The Hall–Kier alpha value is -1.99. The highest BCUT2D eigenvalue weighted by atomic mass is 79.9. The van der Waals surface area contributed by atoms with Gasteiger partial charge in [0.05, 0.1) is 13.7 Å². The van der Waals surface area contributed by atoms with Crippen molar-refractivity contribution < 1.29 is 23.0 Å². The maximum atomic E-state index is 14.2. The number of alkyl halides is 3. The largest absolute Gasteiger partial charge is 0.496 e. The highest BCUT2D eigenvalue weighted by molar-refractivity contribution is 9.10. The molecule has 162 valence electrons. The van der Waals surface area contributed by atoms with Crippen molar-refractivity contribution in [3.05, 3.63) is 64.1 Å². The van der Waals surface area contributed by atoms with Crippen molar-refractivity contribution in [1.82, 2.24) is 0 Å². The molecule has 0 bridgehead atoms. The van der Waals surface area contributed by atoms with Crippen molar-refractivity contribution in [3.8, 4) is 5.75 Å². The van der Waals surface area contributed by atoms with E-state index in [9.17, 15) is 18.3 Å². The molecule has 0 spiro atoms. The van der Waals surface area contributed by atoms with Gasteiger partial charge >= 0.3 is 6.18 Å². The third-order valence-corrected chi connectivity index (χ3v) is 6.00. The van der Waals surface area contributed by atoms with Gasteiger partial charge in [-0.15, -0.1) is 0 Å². The number of methoxy groups -OCH3 is 1. The zero-order chi connectivity index (χ0) is 22.2. The van der Waals surface area contributed by atoms with Crippen LogP contribution in [0, 0.1) is 0 Å². The van der Waals surface area contributed by atoms with Crippen LogP contribution in [0.5, 0.6) is 5.75 Å². The number of para-hydroxylation sites is 1. The summed E-state index contributed by atoms with van der Waals surface area (Å²) >= 11 is 3.38. The number of fused-ring (bicyclic) bond motifs is 1. The van der Waals surface area contributed by atoms with Crippen LogP contribution in [0.25, 0.3) is 6.08 Å². The Morgan fingerprint density at radius 1 is 1.13 bits per heavy atom. The molecule has 2 aromatic carbocycles. The molecule has 0 saturated heterocycles. The number of aliphatic hydroxyl groups is 1. The summed E-state index contributed by atoms with van der Waals surface area (Å²) in [5.74, 6) is 0.485. The quantitative estimate of drug-likeness (QED) is 0.550. The van der Waals surface area contributed by atoms with Crippen molar-refractivity contribution in [2.75, 3.05) is 25.1 Å². The SMILES string of the molecule is COc1ccc(Br)cc1C(C)(C)CC(O)(CN1CC=Cc2ccccc21)C(F)(F)F. The van der Waals surface area contributed by atoms with Crippen LogP contribution in [-0.4, -0.2) is 37.1 Å². The van der Waals surface area contributed by atoms with E-state index in [2.05, 4.69) is 15.9 Å². The second-order valence-corrected chi connectivity index (χ2v) is 9.19. The van der Waals surface area contributed by atoms with E-state index in [0.717, 1.165) is 10.0 Å². The number of halogens is 4. The lowest BCUT2D eigenvalue weighted by Gasteiger charge is -2.42. The van der Waals surface area contributed by atoms with Gasteiger partial charge in [0.15, 0.2) is 5.60 Å². The molecule has 1 heterocycles. The molecule has 0 saturated carbocycles. The lowest BCUT2D eigenvalue weighted by Crippen LogP contribution is -2.56. The second kappa shape index (κ2) is 8.27. The van der Waals surface area contributed by atoms with E-state index >= 15 is 0 Å². The van der Waals surface area contributed by atoms with E-state index in [1.54, 1.807) is 49.1 Å². The molecular weight excluding hydrogens is 459 g/mol. The number of nitrogens with zero attached hydrogens (tertiary/aromatic N) is 1. The Balaban J connectivity index is 1.97. The molecule has 1 aliphatic rings. The van der Waals surface area contributed by atoms with Gasteiger partial charge in [-0.2, -0.15) is 13.2 Å². The highest BCUT2D eigenvalue weighted by Crippen LogP contribution is 2.45. The van der Waals surface area contributed by atoms with Gasteiger partial charge in [0.25, 0.3) is 0 Å². The molecule has 0 radical (unpaired) electrons. The molecular formula is C23H25BrF3NO2. The number of ether oxygens (including phenoxy) is 1. The minimum Gasteiger partial charge on any atom is -0.496 e. The molecule has 1 atom stereocenters. The van der Waals surface area contributed by atoms with Gasteiger partial charge in [0, 0.05) is 22.3 Å². The van der Waals surface area contributed by atoms with Gasteiger partial charge in [-0.3, -0.25) is 0 Å². The van der Waals surface area contributed by atoms with Gasteiger partial charge < -0.3 is 14.7 Å². The molecule has 1 aliphatic heterocycles. The first-order chi connectivity index (χ1) is 14.0. The van der Waals surface area contributed by atoms with Crippen LogP contribution >= 0.6 is 15.9 Å². The lowest BCUT2D eigenvalue weighted by atomic mass is 9.74. The molecule has 0 amide bonds. The Morgan fingerprint density at radius 2 is 1.83 bits per heavy atom. The van der Waals surface area contributed by atoms with Crippen molar-refractivity contribution >= 4 is 27.7 Å². The molecule has 3 rings (SSSR count). The highest BCUT2D eigenvalue weighted by Gasteiger charge is 2.57. The fourth-order valence-corrected chi connectivity index (χ4v) is 4.43. The van der Waals surface area contributed by atoms with Crippen LogP contribution in [0.2, 0.25) is 0 Å². The summed E-state index contributed by atoms with van der Waals surface area (Å²) in [6.07, 6.45) is -1.63. The number of hydrogen-bond donors (Lipinski definition) is 1. The predicted molar refractivity (Wildman–Crippen MR) is 117 cm³/mol. The van der Waals surface area contributed by atoms with Gasteiger partial charge in [-0.1, -0.05) is 60.1 Å². The van der Waals surface area contributed by atoms with E-state index < -0.39 is 30.2 Å². The zero-order valence-corrected chi connectivity index (χ0v) is 18.7. The molecule has 1 unspecified atom stereocenters. The van der Waals surface area contributed by atoms with Crippen LogP contribution in [0.4, 0.5) is 18.9 Å². The van der Waals surface area contributed by atoms with Crippen molar-refractivity contribution in [2.24, 2.45) is 0 Å². The van der Waals surface area contributed by atoms with Crippen molar-refractivity contribution in [1.29, 1.82) is 0 Å². The number of hydrogen-bond acceptors (Lipinski definition) is 3. The molecule has 0 aromatic heterocycles. The van der Waals surface area contributed by atoms with Crippen LogP contribution in [0.1, 0.15) is 31.4 Å². The lowest BCUT2D eigenvalue weighted by molar-refractivity contribution is -0.262.